The fraction of sp³-hybridized carbons (Fsp3) is 0.316. The van der Waals surface area contributed by atoms with E-state index in [9.17, 15) is 4.79 Å². The molecule has 0 saturated carbocycles. The van der Waals surface area contributed by atoms with Gasteiger partial charge in [0.1, 0.15) is 11.3 Å². The van der Waals surface area contributed by atoms with E-state index in [1.54, 1.807) is 18.2 Å². The third kappa shape index (κ3) is 4.69. The van der Waals surface area contributed by atoms with Gasteiger partial charge in [0.2, 0.25) is 5.95 Å². The van der Waals surface area contributed by atoms with Crippen molar-refractivity contribution >= 4 is 52.0 Å². The molecular weight excluding hydrogens is 429 g/mol. The highest BCUT2D eigenvalue weighted by Crippen LogP contribution is 2.27. The molecule has 2 N–H and O–H groups in total. The number of nitrogens with zero attached hydrogens (tertiary/aromatic N) is 5. The molecular formula is C19H19Cl2N7O2. The Balaban J connectivity index is 1.45. The van der Waals surface area contributed by atoms with Crippen molar-refractivity contribution in [2.24, 2.45) is 0 Å². The van der Waals surface area contributed by atoms with E-state index in [0.29, 0.717) is 44.4 Å². The lowest BCUT2D eigenvalue weighted by Gasteiger charge is -2.27. The van der Waals surface area contributed by atoms with Crippen LogP contribution in [-0.2, 0) is 4.79 Å². The highest BCUT2D eigenvalue weighted by Gasteiger charge is 2.16. The minimum Gasteiger partial charge on any atom is -0.482 e. The number of piperazine rings is 1. The summed E-state index contributed by atoms with van der Waals surface area (Å²) < 4.78 is 5.43. The first-order valence-corrected chi connectivity index (χ1v) is 10.1. The number of aromatic nitrogens is 4. The van der Waals surface area contributed by atoms with Gasteiger partial charge in [0.05, 0.1) is 16.9 Å². The Bertz CT molecular complexity index is 1090. The van der Waals surface area contributed by atoms with Gasteiger partial charge in [0.25, 0.3) is 5.91 Å². The molecule has 11 heteroatoms. The molecule has 1 saturated heterocycles. The zero-order valence-electron chi connectivity index (χ0n) is 16.2. The van der Waals surface area contributed by atoms with E-state index in [4.69, 9.17) is 27.9 Å². The van der Waals surface area contributed by atoms with Gasteiger partial charge in [-0.1, -0.05) is 23.2 Å². The standard InChI is InChI=1S/C19H19Cl2N7O2/c1-11-17-18(27-19(24-11)28-6-4-22-5-7-28)23-9-15(26-17)25-16(29)10-30-14-3-2-12(20)8-13(14)21/h2-3,8-9,22H,4-7,10H2,1H3,(H,25,26,29). The lowest BCUT2D eigenvalue weighted by molar-refractivity contribution is -0.118. The van der Waals surface area contributed by atoms with E-state index in [1.807, 2.05) is 6.92 Å². The summed E-state index contributed by atoms with van der Waals surface area (Å²) in [5.74, 6) is 0.900. The van der Waals surface area contributed by atoms with Crippen molar-refractivity contribution in [2.75, 3.05) is 43.0 Å². The molecule has 1 amide bonds. The molecule has 0 atom stereocenters. The number of anilines is 2. The molecule has 1 fully saturated rings. The summed E-state index contributed by atoms with van der Waals surface area (Å²) in [7, 11) is 0. The van der Waals surface area contributed by atoms with Crippen molar-refractivity contribution in [3.8, 4) is 5.75 Å². The number of fused-ring (bicyclic) bond motifs is 1. The Morgan fingerprint density at radius 3 is 2.80 bits per heavy atom. The zero-order chi connectivity index (χ0) is 21.1. The number of hydrogen-bond acceptors (Lipinski definition) is 8. The van der Waals surface area contributed by atoms with Crippen molar-refractivity contribution in [1.29, 1.82) is 0 Å². The maximum Gasteiger partial charge on any atom is 0.263 e. The van der Waals surface area contributed by atoms with Crippen LogP contribution in [0.15, 0.2) is 24.4 Å². The smallest absolute Gasteiger partial charge is 0.263 e. The molecule has 0 aliphatic carbocycles. The number of rotatable bonds is 5. The van der Waals surface area contributed by atoms with Crippen LogP contribution in [0, 0.1) is 6.92 Å². The third-order valence-corrected chi connectivity index (χ3v) is 5.02. The summed E-state index contributed by atoms with van der Waals surface area (Å²) in [6, 6.07) is 4.78. The number of carbonyl (C=O) groups is 1. The van der Waals surface area contributed by atoms with Crippen LogP contribution < -0.4 is 20.3 Å². The number of carbonyl (C=O) groups excluding carboxylic acids is 1. The molecule has 0 radical (unpaired) electrons. The maximum absolute atomic E-state index is 12.2. The summed E-state index contributed by atoms with van der Waals surface area (Å²) in [6.45, 7) is 5.06. The van der Waals surface area contributed by atoms with Crippen LogP contribution in [0.25, 0.3) is 11.2 Å². The molecule has 4 rings (SSSR count). The van der Waals surface area contributed by atoms with Gasteiger partial charge in [-0.3, -0.25) is 4.79 Å². The minimum atomic E-state index is -0.398. The number of nitrogens with one attached hydrogen (secondary N) is 2. The Morgan fingerprint density at radius 1 is 1.23 bits per heavy atom. The summed E-state index contributed by atoms with van der Waals surface area (Å²) in [4.78, 5) is 32.2. The highest BCUT2D eigenvalue weighted by molar-refractivity contribution is 6.35. The quantitative estimate of drug-likeness (QED) is 0.614. The van der Waals surface area contributed by atoms with Gasteiger partial charge in [-0.25, -0.2) is 15.0 Å². The van der Waals surface area contributed by atoms with Crippen LogP contribution in [-0.4, -0.2) is 58.6 Å². The first kappa shape index (κ1) is 20.5. The molecule has 1 aliphatic heterocycles. The Hall–Kier alpha value is -2.75. The van der Waals surface area contributed by atoms with Crippen LogP contribution in [0.5, 0.6) is 5.75 Å². The van der Waals surface area contributed by atoms with E-state index < -0.39 is 5.91 Å². The monoisotopic (exact) mass is 447 g/mol. The molecule has 0 bridgehead atoms. The van der Waals surface area contributed by atoms with Gasteiger partial charge < -0.3 is 20.3 Å². The van der Waals surface area contributed by atoms with Crippen LogP contribution in [0.1, 0.15) is 5.69 Å². The van der Waals surface area contributed by atoms with E-state index in [-0.39, 0.29) is 6.61 Å². The second-order valence-electron chi connectivity index (χ2n) is 6.69. The average molecular weight is 448 g/mol. The fourth-order valence-corrected chi connectivity index (χ4v) is 3.47. The van der Waals surface area contributed by atoms with Crippen molar-refractivity contribution in [3.63, 3.8) is 0 Å². The minimum absolute atomic E-state index is 0.238. The fourth-order valence-electron chi connectivity index (χ4n) is 3.01. The largest absolute Gasteiger partial charge is 0.482 e. The topological polar surface area (TPSA) is 105 Å². The normalized spacial score (nSPS) is 14.0. The highest BCUT2D eigenvalue weighted by atomic mass is 35.5. The first-order chi connectivity index (χ1) is 14.5. The molecule has 3 aromatic rings. The molecule has 1 aliphatic rings. The summed E-state index contributed by atoms with van der Waals surface area (Å²) >= 11 is 11.9. The molecule has 2 aromatic heterocycles. The van der Waals surface area contributed by atoms with Crippen molar-refractivity contribution in [1.82, 2.24) is 25.3 Å². The number of aryl methyl sites for hydroxylation is 1. The predicted octanol–water partition coefficient (Wildman–Crippen LogP) is 2.46. The maximum atomic E-state index is 12.2. The molecule has 156 valence electrons. The van der Waals surface area contributed by atoms with Gasteiger partial charge in [-0.05, 0) is 25.1 Å². The molecule has 9 nitrogen and oxygen atoms in total. The second kappa shape index (κ2) is 8.95. The molecule has 0 spiro atoms. The molecule has 3 heterocycles. The molecule has 30 heavy (non-hydrogen) atoms. The van der Waals surface area contributed by atoms with Crippen molar-refractivity contribution in [3.05, 3.63) is 40.1 Å². The number of benzene rings is 1. The van der Waals surface area contributed by atoms with Crippen LogP contribution >= 0.6 is 23.2 Å². The van der Waals surface area contributed by atoms with E-state index in [1.165, 1.54) is 6.20 Å². The number of halogens is 2. The molecule has 1 aromatic carbocycles. The number of ether oxygens (including phenoxy) is 1. The third-order valence-electron chi connectivity index (χ3n) is 4.49. The summed E-state index contributed by atoms with van der Waals surface area (Å²) in [6.07, 6.45) is 1.46. The zero-order valence-corrected chi connectivity index (χ0v) is 17.7. The lowest BCUT2D eigenvalue weighted by Crippen LogP contribution is -2.44. The predicted molar refractivity (Wildman–Crippen MR) is 116 cm³/mol. The Labute approximate surface area is 182 Å². The molecule has 0 unspecified atom stereocenters. The van der Waals surface area contributed by atoms with Crippen molar-refractivity contribution in [2.45, 2.75) is 6.92 Å². The SMILES string of the molecule is Cc1nc(N2CCNCC2)nc2ncc(NC(=O)COc3ccc(Cl)cc3Cl)nc12. The summed E-state index contributed by atoms with van der Waals surface area (Å²) in [5.41, 5.74) is 1.72. The Morgan fingerprint density at radius 2 is 2.03 bits per heavy atom. The van der Waals surface area contributed by atoms with Gasteiger partial charge in [-0.2, -0.15) is 4.98 Å². The van der Waals surface area contributed by atoms with Crippen LogP contribution in [0.2, 0.25) is 10.0 Å². The van der Waals surface area contributed by atoms with Crippen molar-refractivity contribution < 1.29 is 9.53 Å². The van der Waals surface area contributed by atoms with Crippen LogP contribution in [0.3, 0.4) is 0 Å². The average Bonchev–Trinajstić information content (AvgIpc) is 2.74. The second-order valence-corrected chi connectivity index (χ2v) is 7.53. The summed E-state index contributed by atoms with van der Waals surface area (Å²) in [5, 5.41) is 6.77. The lowest BCUT2D eigenvalue weighted by atomic mass is 10.3. The van der Waals surface area contributed by atoms with E-state index >= 15 is 0 Å². The van der Waals surface area contributed by atoms with Gasteiger partial charge >= 0.3 is 0 Å². The van der Waals surface area contributed by atoms with E-state index in [0.717, 1.165) is 26.2 Å². The van der Waals surface area contributed by atoms with Gasteiger partial charge in [0, 0.05) is 31.2 Å². The number of hydrogen-bond donors (Lipinski definition) is 2. The Kier molecular flexibility index (Phi) is 6.12. The van der Waals surface area contributed by atoms with Crippen LogP contribution in [0.4, 0.5) is 11.8 Å². The number of amides is 1. The van der Waals surface area contributed by atoms with Gasteiger partial charge in [0.15, 0.2) is 18.1 Å². The van der Waals surface area contributed by atoms with E-state index in [2.05, 4.69) is 35.5 Å². The first-order valence-electron chi connectivity index (χ1n) is 9.34. The van der Waals surface area contributed by atoms with Gasteiger partial charge in [-0.15, -0.1) is 0 Å².